The average Bonchev–Trinajstić information content (AvgIpc) is 2.30. The largest absolute Gasteiger partial charge is 0.314 e. The molecule has 62 valence electrons. The fourth-order valence-corrected chi connectivity index (χ4v) is 1.31. The quantitative estimate of drug-likeness (QED) is 0.744. The molecule has 0 aliphatic rings. The number of hydrogen-bond acceptors (Lipinski definition) is 1. The van der Waals surface area contributed by atoms with Gasteiger partial charge in [0.05, 0.1) is 15.5 Å². The lowest BCUT2D eigenvalue weighted by Crippen LogP contribution is -1.77. The number of imidazole rings is 1. The van der Waals surface area contributed by atoms with E-state index in [2.05, 4.69) is 25.9 Å². The van der Waals surface area contributed by atoms with Crippen LogP contribution in [0.4, 0.5) is 8.78 Å². The van der Waals surface area contributed by atoms with Crippen LogP contribution in [0.1, 0.15) is 0 Å². The van der Waals surface area contributed by atoms with E-state index in [0.717, 1.165) is 0 Å². The van der Waals surface area contributed by atoms with Crippen molar-refractivity contribution in [2.24, 2.45) is 0 Å². The van der Waals surface area contributed by atoms with Gasteiger partial charge >= 0.3 is 0 Å². The molecule has 0 unspecified atom stereocenters. The maximum absolute atomic E-state index is 12.8. The molecule has 0 saturated heterocycles. The predicted molar refractivity (Wildman–Crippen MR) is 43.7 cm³/mol. The second-order valence-corrected chi connectivity index (χ2v) is 3.17. The highest BCUT2D eigenvalue weighted by Crippen LogP contribution is 2.21. The van der Waals surface area contributed by atoms with Gasteiger partial charge in [0, 0.05) is 6.07 Å². The number of aromatic amines is 1. The topological polar surface area (TPSA) is 28.7 Å². The Morgan fingerprint density at radius 1 is 1.33 bits per heavy atom. The van der Waals surface area contributed by atoms with E-state index in [9.17, 15) is 8.78 Å². The molecular weight excluding hydrogens is 230 g/mol. The maximum atomic E-state index is 12.8. The first-order valence-electron chi connectivity index (χ1n) is 3.17. The van der Waals surface area contributed by atoms with Gasteiger partial charge in [0.15, 0.2) is 0 Å². The second-order valence-electron chi connectivity index (χ2n) is 2.31. The summed E-state index contributed by atoms with van der Waals surface area (Å²) in [7, 11) is 0. The summed E-state index contributed by atoms with van der Waals surface area (Å²) in [6, 6.07) is 2.61. The van der Waals surface area contributed by atoms with E-state index >= 15 is 0 Å². The molecule has 0 atom stereocenters. The zero-order valence-electron chi connectivity index (χ0n) is 5.74. The Bertz CT molecular complexity index is 399. The van der Waals surface area contributed by atoms with Crippen LogP contribution in [0, 0.1) is 11.9 Å². The first kappa shape index (κ1) is 7.67. The molecule has 1 heterocycles. The van der Waals surface area contributed by atoms with E-state index < -0.39 is 11.9 Å². The van der Waals surface area contributed by atoms with Crippen LogP contribution < -0.4 is 0 Å². The monoisotopic (exact) mass is 232 g/mol. The minimum absolute atomic E-state index is 0.279. The number of H-pyrrole nitrogens is 1. The Morgan fingerprint density at radius 2 is 2.08 bits per heavy atom. The molecule has 0 amide bonds. The molecule has 0 spiro atoms. The molecule has 2 rings (SSSR count). The Morgan fingerprint density at radius 3 is 2.83 bits per heavy atom. The van der Waals surface area contributed by atoms with Crippen LogP contribution in [-0.4, -0.2) is 9.97 Å². The summed E-state index contributed by atoms with van der Waals surface area (Å²) < 4.78 is 25.6. The highest BCUT2D eigenvalue weighted by Gasteiger charge is 2.05. The zero-order valence-corrected chi connectivity index (χ0v) is 7.32. The Kier molecular flexibility index (Phi) is 1.61. The molecule has 2 aromatic rings. The third kappa shape index (κ3) is 1.10. The number of benzene rings is 1. The third-order valence-corrected chi connectivity index (χ3v) is 2.10. The lowest BCUT2D eigenvalue weighted by molar-refractivity contribution is 0.556. The van der Waals surface area contributed by atoms with Gasteiger partial charge in [-0.25, -0.2) is 9.37 Å². The second kappa shape index (κ2) is 2.52. The van der Waals surface area contributed by atoms with E-state index in [1.54, 1.807) is 0 Å². The molecule has 0 radical (unpaired) electrons. The highest BCUT2D eigenvalue weighted by molar-refractivity contribution is 9.10. The number of halogens is 3. The van der Waals surface area contributed by atoms with Gasteiger partial charge in [-0.2, -0.15) is 4.39 Å². The van der Waals surface area contributed by atoms with Crippen molar-refractivity contribution in [3.63, 3.8) is 0 Å². The fourth-order valence-electron chi connectivity index (χ4n) is 0.974. The molecule has 0 saturated carbocycles. The molecule has 2 nitrogen and oxygen atoms in total. The lowest BCUT2D eigenvalue weighted by atomic mass is 10.3. The SMILES string of the molecule is Fc1nc2cc(Br)c(F)cc2[nH]1. The van der Waals surface area contributed by atoms with Gasteiger partial charge in [-0.05, 0) is 22.0 Å². The van der Waals surface area contributed by atoms with E-state index in [4.69, 9.17) is 0 Å². The summed E-state index contributed by atoms with van der Waals surface area (Å²) in [6.07, 6.45) is -0.706. The van der Waals surface area contributed by atoms with Crippen molar-refractivity contribution in [1.29, 1.82) is 0 Å². The molecule has 12 heavy (non-hydrogen) atoms. The minimum atomic E-state index is -0.706. The van der Waals surface area contributed by atoms with Crippen LogP contribution in [0.25, 0.3) is 11.0 Å². The van der Waals surface area contributed by atoms with E-state index in [0.29, 0.717) is 11.0 Å². The van der Waals surface area contributed by atoms with Gasteiger partial charge in [0.25, 0.3) is 6.08 Å². The predicted octanol–water partition coefficient (Wildman–Crippen LogP) is 2.60. The van der Waals surface area contributed by atoms with Crippen LogP contribution in [0.5, 0.6) is 0 Å². The van der Waals surface area contributed by atoms with Crippen LogP contribution >= 0.6 is 15.9 Å². The van der Waals surface area contributed by atoms with Crippen molar-refractivity contribution < 1.29 is 8.78 Å². The standard InChI is InChI=1S/C7H3BrF2N2/c8-3-1-5-6(2-4(3)9)12-7(10)11-5/h1-2H,(H,11,12). The third-order valence-electron chi connectivity index (χ3n) is 1.50. The molecule has 0 bridgehead atoms. The van der Waals surface area contributed by atoms with Crippen molar-refractivity contribution in [1.82, 2.24) is 9.97 Å². The lowest BCUT2D eigenvalue weighted by Gasteiger charge is -1.91. The summed E-state index contributed by atoms with van der Waals surface area (Å²) in [5.74, 6) is -0.439. The van der Waals surface area contributed by atoms with Crippen molar-refractivity contribution in [2.75, 3.05) is 0 Å². The fraction of sp³-hybridized carbons (Fsp3) is 0. The van der Waals surface area contributed by atoms with Gasteiger partial charge in [-0.15, -0.1) is 0 Å². The number of nitrogens with one attached hydrogen (secondary N) is 1. The molecule has 0 aliphatic carbocycles. The highest BCUT2D eigenvalue weighted by atomic mass is 79.9. The van der Waals surface area contributed by atoms with Crippen molar-refractivity contribution in [3.05, 3.63) is 28.5 Å². The summed E-state index contributed by atoms with van der Waals surface area (Å²) in [4.78, 5) is 5.78. The van der Waals surface area contributed by atoms with Crippen molar-refractivity contribution in [3.8, 4) is 0 Å². The number of aromatic nitrogens is 2. The first-order valence-corrected chi connectivity index (χ1v) is 3.96. The Labute approximate surface area is 74.7 Å². The molecule has 0 aliphatic heterocycles. The number of nitrogens with zero attached hydrogens (tertiary/aromatic N) is 1. The maximum Gasteiger partial charge on any atom is 0.287 e. The summed E-state index contributed by atoms with van der Waals surface area (Å²) in [6.45, 7) is 0. The van der Waals surface area contributed by atoms with Gasteiger partial charge in [-0.1, -0.05) is 0 Å². The molecule has 1 aromatic carbocycles. The minimum Gasteiger partial charge on any atom is -0.314 e. The van der Waals surface area contributed by atoms with Gasteiger partial charge in [-0.3, -0.25) is 0 Å². The molecule has 5 heteroatoms. The van der Waals surface area contributed by atoms with Crippen LogP contribution in [-0.2, 0) is 0 Å². The number of fused-ring (bicyclic) bond motifs is 1. The van der Waals surface area contributed by atoms with E-state index in [-0.39, 0.29) is 4.47 Å². The molecule has 1 N–H and O–H groups in total. The summed E-state index contributed by atoms with van der Waals surface area (Å²) in [5, 5.41) is 0. The van der Waals surface area contributed by atoms with E-state index in [1.165, 1.54) is 12.1 Å². The zero-order chi connectivity index (χ0) is 8.72. The molecular formula is C7H3BrF2N2. The summed E-state index contributed by atoms with van der Waals surface area (Å²) >= 11 is 2.97. The smallest absolute Gasteiger partial charge is 0.287 e. The first-order chi connectivity index (χ1) is 5.66. The summed E-state index contributed by atoms with van der Waals surface area (Å²) in [5.41, 5.74) is 0.758. The van der Waals surface area contributed by atoms with Crippen LogP contribution in [0.3, 0.4) is 0 Å². The number of rotatable bonds is 0. The Hall–Kier alpha value is -0.970. The van der Waals surface area contributed by atoms with Crippen LogP contribution in [0.2, 0.25) is 0 Å². The van der Waals surface area contributed by atoms with Crippen LogP contribution in [0.15, 0.2) is 16.6 Å². The Balaban J connectivity index is 2.83. The normalized spacial score (nSPS) is 10.9. The molecule has 0 fully saturated rings. The van der Waals surface area contributed by atoms with E-state index in [1.807, 2.05) is 0 Å². The average molecular weight is 233 g/mol. The number of hydrogen-bond donors (Lipinski definition) is 1. The van der Waals surface area contributed by atoms with Crippen molar-refractivity contribution in [2.45, 2.75) is 0 Å². The molecule has 1 aromatic heterocycles. The van der Waals surface area contributed by atoms with Gasteiger partial charge < -0.3 is 4.98 Å². The van der Waals surface area contributed by atoms with Crippen molar-refractivity contribution >= 4 is 27.0 Å². The van der Waals surface area contributed by atoms with Gasteiger partial charge in [0.2, 0.25) is 0 Å². The van der Waals surface area contributed by atoms with Gasteiger partial charge in [0.1, 0.15) is 5.82 Å².